The summed E-state index contributed by atoms with van der Waals surface area (Å²) in [6.07, 6.45) is 3.15. The first-order valence-corrected chi connectivity index (χ1v) is 8.25. The van der Waals surface area contributed by atoms with Gasteiger partial charge in [-0.3, -0.25) is 0 Å². The zero-order valence-corrected chi connectivity index (χ0v) is 14.0. The zero-order valence-electron chi connectivity index (χ0n) is 12.4. The fourth-order valence-electron chi connectivity index (χ4n) is 2.91. The Labute approximate surface area is 133 Å². The molecule has 112 valence electrons. The molecule has 0 spiro atoms. The molecular formula is C16H20BrN3O. The number of halogens is 1. The van der Waals surface area contributed by atoms with E-state index in [4.69, 9.17) is 9.51 Å². The van der Waals surface area contributed by atoms with Crippen molar-refractivity contribution in [1.82, 2.24) is 15.5 Å². The summed E-state index contributed by atoms with van der Waals surface area (Å²) in [4.78, 5) is 4.69. The number of hydrogen-bond donors (Lipinski definition) is 1. The summed E-state index contributed by atoms with van der Waals surface area (Å²) < 4.78 is 6.69. The minimum atomic E-state index is 0.0401. The average molecular weight is 350 g/mol. The molecule has 0 aliphatic carbocycles. The molecule has 1 fully saturated rings. The van der Waals surface area contributed by atoms with E-state index >= 15 is 0 Å². The van der Waals surface area contributed by atoms with Crippen molar-refractivity contribution >= 4 is 15.9 Å². The second-order valence-corrected chi connectivity index (χ2v) is 6.63. The third kappa shape index (κ3) is 2.77. The van der Waals surface area contributed by atoms with Crippen molar-refractivity contribution in [2.24, 2.45) is 0 Å². The first-order valence-electron chi connectivity index (χ1n) is 7.46. The smallest absolute Gasteiger partial charge is 0.233 e. The first-order chi connectivity index (χ1) is 10.1. The molecule has 1 aliphatic heterocycles. The molecule has 2 aromatic rings. The summed E-state index contributed by atoms with van der Waals surface area (Å²) in [5, 5.41) is 7.60. The number of aryl methyl sites for hydroxylation is 1. The van der Waals surface area contributed by atoms with Crippen LogP contribution < -0.4 is 5.32 Å². The molecule has 1 aromatic carbocycles. The van der Waals surface area contributed by atoms with Gasteiger partial charge in [0.25, 0.3) is 0 Å². The van der Waals surface area contributed by atoms with Gasteiger partial charge in [-0.2, -0.15) is 4.98 Å². The van der Waals surface area contributed by atoms with Crippen LogP contribution in [0.4, 0.5) is 0 Å². The van der Waals surface area contributed by atoms with E-state index in [0.29, 0.717) is 5.82 Å². The van der Waals surface area contributed by atoms with E-state index in [1.165, 1.54) is 5.56 Å². The number of hydrogen-bond acceptors (Lipinski definition) is 4. The molecule has 21 heavy (non-hydrogen) atoms. The Balaban J connectivity index is 1.93. The lowest BCUT2D eigenvalue weighted by molar-refractivity contribution is 0.216. The number of nitrogens with zero attached hydrogens (tertiary/aromatic N) is 2. The van der Waals surface area contributed by atoms with Gasteiger partial charge in [0.2, 0.25) is 11.7 Å². The van der Waals surface area contributed by atoms with Gasteiger partial charge in [0.15, 0.2) is 0 Å². The van der Waals surface area contributed by atoms with Gasteiger partial charge in [-0.25, -0.2) is 0 Å². The Hall–Kier alpha value is -1.20. The lowest BCUT2D eigenvalue weighted by Gasteiger charge is -2.33. The van der Waals surface area contributed by atoms with Crippen LogP contribution in [0.25, 0.3) is 11.4 Å². The van der Waals surface area contributed by atoms with Crippen LogP contribution in [0.15, 0.2) is 27.2 Å². The molecule has 2 heterocycles. The van der Waals surface area contributed by atoms with Gasteiger partial charge < -0.3 is 9.84 Å². The van der Waals surface area contributed by atoms with Crippen LogP contribution in [0, 0.1) is 6.92 Å². The topological polar surface area (TPSA) is 51.0 Å². The molecule has 3 rings (SSSR count). The summed E-state index contributed by atoms with van der Waals surface area (Å²) in [5.41, 5.74) is 2.23. The number of piperidine rings is 1. The highest BCUT2D eigenvalue weighted by Gasteiger charge is 2.37. The summed E-state index contributed by atoms with van der Waals surface area (Å²) in [6, 6.07) is 6.15. The predicted molar refractivity (Wildman–Crippen MR) is 86.2 cm³/mol. The van der Waals surface area contributed by atoms with Gasteiger partial charge in [-0.05, 0) is 50.9 Å². The zero-order chi connectivity index (χ0) is 14.9. The van der Waals surface area contributed by atoms with E-state index in [2.05, 4.69) is 46.3 Å². The molecule has 0 bridgehead atoms. The standard InChI is InChI=1S/C16H20BrN3O/c1-3-16(6-8-18-9-7-16)15-19-14(20-21-15)12-5-4-11(2)13(17)10-12/h4-5,10,18H,3,6-9H2,1-2H3. The molecule has 1 aromatic heterocycles. The van der Waals surface area contributed by atoms with Crippen molar-refractivity contribution in [3.8, 4) is 11.4 Å². The molecule has 0 saturated carbocycles. The SMILES string of the molecule is CCC1(c2nc(-c3ccc(C)c(Br)c3)no2)CCNCC1. The molecular weight excluding hydrogens is 330 g/mol. The summed E-state index contributed by atoms with van der Waals surface area (Å²) >= 11 is 3.56. The Morgan fingerprint density at radius 3 is 2.76 bits per heavy atom. The predicted octanol–water partition coefficient (Wildman–Crippen LogP) is 3.84. The van der Waals surface area contributed by atoms with Crippen molar-refractivity contribution in [2.45, 2.75) is 38.5 Å². The van der Waals surface area contributed by atoms with Gasteiger partial charge >= 0.3 is 0 Å². The van der Waals surface area contributed by atoms with Gasteiger partial charge in [0.05, 0.1) is 5.41 Å². The number of rotatable bonds is 3. The molecule has 5 heteroatoms. The third-order valence-corrected chi connectivity index (χ3v) is 5.40. The monoisotopic (exact) mass is 349 g/mol. The van der Waals surface area contributed by atoms with Crippen LogP contribution in [0.5, 0.6) is 0 Å². The maximum atomic E-state index is 5.62. The molecule has 4 nitrogen and oxygen atoms in total. The van der Waals surface area contributed by atoms with Gasteiger partial charge in [0.1, 0.15) is 0 Å². The number of nitrogens with one attached hydrogen (secondary N) is 1. The van der Waals surface area contributed by atoms with Crippen LogP contribution in [0.1, 0.15) is 37.6 Å². The Kier molecular flexibility index (Phi) is 4.13. The fraction of sp³-hybridized carbons (Fsp3) is 0.500. The van der Waals surface area contributed by atoms with Crippen molar-refractivity contribution < 1.29 is 4.52 Å². The summed E-state index contributed by atoms with van der Waals surface area (Å²) in [5.74, 6) is 1.47. The van der Waals surface area contributed by atoms with E-state index in [1.807, 2.05) is 12.1 Å². The molecule has 0 atom stereocenters. The van der Waals surface area contributed by atoms with E-state index in [1.54, 1.807) is 0 Å². The average Bonchev–Trinajstić information content (AvgIpc) is 3.01. The normalized spacial score (nSPS) is 17.9. The third-order valence-electron chi connectivity index (χ3n) is 4.55. The quantitative estimate of drug-likeness (QED) is 0.914. The second-order valence-electron chi connectivity index (χ2n) is 5.77. The largest absolute Gasteiger partial charge is 0.338 e. The molecule has 1 N–H and O–H groups in total. The highest BCUT2D eigenvalue weighted by atomic mass is 79.9. The molecule has 0 amide bonds. The number of aromatic nitrogens is 2. The van der Waals surface area contributed by atoms with Gasteiger partial charge in [0, 0.05) is 10.0 Å². The molecule has 0 unspecified atom stereocenters. The van der Waals surface area contributed by atoms with Crippen LogP contribution in [-0.2, 0) is 5.41 Å². The Morgan fingerprint density at radius 2 is 2.10 bits per heavy atom. The van der Waals surface area contributed by atoms with Crippen molar-refractivity contribution in [3.05, 3.63) is 34.1 Å². The Morgan fingerprint density at radius 1 is 1.33 bits per heavy atom. The minimum Gasteiger partial charge on any atom is -0.338 e. The van der Waals surface area contributed by atoms with Crippen molar-refractivity contribution in [1.29, 1.82) is 0 Å². The van der Waals surface area contributed by atoms with Crippen molar-refractivity contribution in [3.63, 3.8) is 0 Å². The minimum absolute atomic E-state index is 0.0401. The van der Waals surface area contributed by atoms with Gasteiger partial charge in [-0.15, -0.1) is 0 Å². The van der Waals surface area contributed by atoms with Gasteiger partial charge in [-0.1, -0.05) is 40.1 Å². The van der Waals surface area contributed by atoms with Crippen LogP contribution in [0.2, 0.25) is 0 Å². The van der Waals surface area contributed by atoms with E-state index in [9.17, 15) is 0 Å². The van der Waals surface area contributed by atoms with Crippen molar-refractivity contribution in [2.75, 3.05) is 13.1 Å². The lowest BCUT2D eigenvalue weighted by atomic mass is 9.76. The first kappa shape index (κ1) is 14.7. The van der Waals surface area contributed by atoms with Crippen LogP contribution in [-0.4, -0.2) is 23.2 Å². The fourth-order valence-corrected chi connectivity index (χ4v) is 3.29. The second kappa shape index (κ2) is 5.89. The molecule has 0 radical (unpaired) electrons. The lowest BCUT2D eigenvalue weighted by Crippen LogP contribution is -2.39. The van der Waals surface area contributed by atoms with E-state index < -0.39 is 0 Å². The van der Waals surface area contributed by atoms with Crippen LogP contribution in [0.3, 0.4) is 0 Å². The maximum absolute atomic E-state index is 5.62. The van der Waals surface area contributed by atoms with Crippen LogP contribution >= 0.6 is 15.9 Å². The Bertz CT molecular complexity index is 632. The summed E-state index contributed by atoms with van der Waals surface area (Å²) in [6.45, 7) is 6.30. The highest BCUT2D eigenvalue weighted by molar-refractivity contribution is 9.10. The van der Waals surface area contributed by atoms with E-state index in [0.717, 1.165) is 48.3 Å². The van der Waals surface area contributed by atoms with E-state index in [-0.39, 0.29) is 5.41 Å². The highest BCUT2D eigenvalue weighted by Crippen LogP contribution is 2.36. The molecule has 1 saturated heterocycles. The summed E-state index contributed by atoms with van der Waals surface area (Å²) in [7, 11) is 0. The molecule has 1 aliphatic rings. The maximum Gasteiger partial charge on any atom is 0.233 e. The number of benzene rings is 1.